The summed E-state index contributed by atoms with van der Waals surface area (Å²) in [7, 11) is 1.57. The molecular weight excluding hydrogens is 414 g/mol. The fraction of sp³-hybridized carbons (Fsp3) is 0.158. The maximum Gasteiger partial charge on any atom is 0.184 e. The molecule has 0 aliphatic heterocycles. The Hall–Kier alpha value is -3.00. The number of ether oxygens (including phenoxy) is 2. The number of benzene rings is 2. The summed E-state index contributed by atoms with van der Waals surface area (Å²) < 4.78 is 13.0. The largest absolute Gasteiger partial charge is 0.497 e. The molecule has 0 aliphatic rings. The molecule has 7 nitrogen and oxygen atoms in total. The summed E-state index contributed by atoms with van der Waals surface area (Å²) in [5, 5.41) is 7.95. The first-order valence-corrected chi connectivity index (χ1v) is 8.82. The second-order valence-electron chi connectivity index (χ2n) is 5.65. The molecule has 0 bridgehead atoms. The first-order chi connectivity index (χ1) is 13.1. The van der Waals surface area contributed by atoms with Gasteiger partial charge in [0, 0.05) is 10.0 Å². The Kier molecular flexibility index (Phi) is 5.97. The zero-order chi connectivity index (χ0) is 19.2. The molecule has 1 aromatic heterocycles. The molecule has 0 atom stereocenters. The van der Waals surface area contributed by atoms with Gasteiger partial charge in [-0.15, -0.1) is 5.10 Å². The number of carbonyl (C=O) groups excluding carboxylic acids is 2. The van der Waals surface area contributed by atoms with E-state index in [4.69, 9.17) is 9.47 Å². The lowest BCUT2D eigenvalue weighted by Gasteiger charge is -2.06. The van der Waals surface area contributed by atoms with Crippen molar-refractivity contribution < 1.29 is 19.1 Å². The third kappa shape index (κ3) is 4.79. The lowest BCUT2D eigenvalue weighted by molar-refractivity contribution is 0.0966. The molecule has 0 fully saturated rings. The van der Waals surface area contributed by atoms with Gasteiger partial charge in [-0.2, -0.15) is 0 Å². The van der Waals surface area contributed by atoms with Crippen molar-refractivity contribution >= 4 is 28.0 Å². The fourth-order valence-electron chi connectivity index (χ4n) is 2.39. The monoisotopic (exact) mass is 429 g/mol. The highest BCUT2D eigenvalue weighted by molar-refractivity contribution is 9.10. The molecule has 3 aromatic rings. The summed E-state index contributed by atoms with van der Waals surface area (Å²) in [6, 6.07) is 12.0. The number of rotatable bonds is 8. The van der Waals surface area contributed by atoms with Crippen molar-refractivity contribution in [3.05, 3.63) is 70.0 Å². The van der Waals surface area contributed by atoms with E-state index in [1.807, 2.05) is 0 Å². The highest BCUT2D eigenvalue weighted by Crippen LogP contribution is 2.22. The lowest BCUT2D eigenvalue weighted by Crippen LogP contribution is -2.11. The Labute approximate surface area is 164 Å². The number of ketones is 1. The third-order valence-electron chi connectivity index (χ3n) is 3.78. The number of halogens is 1. The van der Waals surface area contributed by atoms with Crippen molar-refractivity contribution in [2.45, 2.75) is 13.2 Å². The summed E-state index contributed by atoms with van der Waals surface area (Å²) in [6.45, 7) is 0.205. The molecule has 0 amide bonds. The van der Waals surface area contributed by atoms with E-state index in [1.165, 1.54) is 4.68 Å². The van der Waals surface area contributed by atoms with Crippen LogP contribution >= 0.6 is 15.9 Å². The minimum absolute atomic E-state index is 0.0667. The Bertz CT molecular complexity index is 954. The predicted molar refractivity (Wildman–Crippen MR) is 101 cm³/mol. The van der Waals surface area contributed by atoms with Crippen molar-refractivity contribution in [3.8, 4) is 11.5 Å². The second-order valence-corrected chi connectivity index (χ2v) is 6.56. The van der Waals surface area contributed by atoms with Crippen molar-refractivity contribution in [2.24, 2.45) is 0 Å². The van der Waals surface area contributed by atoms with Gasteiger partial charge in [0.25, 0.3) is 0 Å². The van der Waals surface area contributed by atoms with Gasteiger partial charge in [-0.1, -0.05) is 21.1 Å². The van der Waals surface area contributed by atoms with E-state index < -0.39 is 0 Å². The minimum atomic E-state index is -0.0915. The molecule has 27 heavy (non-hydrogen) atoms. The first-order valence-electron chi connectivity index (χ1n) is 8.03. The zero-order valence-corrected chi connectivity index (χ0v) is 16.0. The molecule has 0 saturated heterocycles. The van der Waals surface area contributed by atoms with Crippen LogP contribution in [0.15, 0.2) is 53.1 Å². The summed E-state index contributed by atoms with van der Waals surface area (Å²) >= 11 is 3.31. The maximum atomic E-state index is 12.3. The molecule has 8 heteroatoms. The van der Waals surface area contributed by atoms with Crippen molar-refractivity contribution in [1.29, 1.82) is 0 Å². The van der Waals surface area contributed by atoms with Gasteiger partial charge in [-0.25, -0.2) is 4.68 Å². The van der Waals surface area contributed by atoms with E-state index >= 15 is 0 Å². The van der Waals surface area contributed by atoms with E-state index in [0.29, 0.717) is 28.3 Å². The predicted octanol–water partition coefficient (Wildman–Crippen LogP) is 3.32. The molecule has 0 spiro atoms. The van der Waals surface area contributed by atoms with Crippen LogP contribution in [0.3, 0.4) is 0 Å². The fourth-order valence-corrected chi connectivity index (χ4v) is 2.77. The average Bonchev–Trinajstić information content (AvgIpc) is 3.14. The molecule has 138 valence electrons. The Morgan fingerprint density at radius 3 is 2.70 bits per heavy atom. The molecule has 0 N–H and O–H groups in total. The molecule has 0 unspecified atom stereocenters. The number of hydrogen-bond donors (Lipinski definition) is 0. The van der Waals surface area contributed by atoms with Gasteiger partial charge in [0.15, 0.2) is 12.1 Å². The quantitative estimate of drug-likeness (QED) is 0.403. The van der Waals surface area contributed by atoms with Crippen molar-refractivity contribution in [2.75, 3.05) is 7.11 Å². The number of methoxy groups -OCH3 is 1. The number of aldehydes is 1. The smallest absolute Gasteiger partial charge is 0.184 e. The highest BCUT2D eigenvalue weighted by atomic mass is 79.9. The lowest BCUT2D eigenvalue weighted by atomic mass is 10.1. The van der Waals surface area contributed by atoms with Crippen LogP contribution < -0.4 is 9.47 Å². The van der Waals surface area contributed by atoms with Crippen LogP contribution in [-0.2, 0) is 13.2 Å². The Morgan fingerprint density at radius 2 is 2.00 bits per heavy atom. The number of carbonyl (C=O) groups is 2. The summed E-state index contributed by atoms with van der Waals surface area (Å²) in [5.41, 5.74) is 1.55. The molecule has 0 aliphatic carbocycles. The number of aromatic nitrogens is 3. The van der Waals surface area contributed by atoms with Crippen molar-refractivity contribution in [1.82, 2.24) is 15.0 Å². The molecule has 0 saturated carbocycles. The molecule has 2 aromatic carbocycles. The molecular formula is C19H16BrN3O4. The van der Waals surface area contributed by atoms with Crippen LogP contribution in [0.2, 0.25) is 0 Å². The first kappa shape index (κ1) is 18.8. The average molecular weight is 430 g/mol. The Balaban J connectivity index is 1.61. The van der Waals surface area contributed by atoms with Gasteiger partial charge in [0.2, 0.25) is 0 Å². The van der Waals surface area contributed by atoms with E-state index in [1.54, 1.807) is 55.8 Å². The van der Waals surface area contributed by atoms with Crippen LogP contribution in [-0.4, -0.2) is 34.2 Å². The summed E-state index contributed by atoms with van der Waals surface area (Å²) in [4.78, 5) is 23.4. The van der Waals surface area contributed by atoms with Crippen LogP contribution in [0, 0.1) is 0 Å². The minimum Gasteiger partial charge on any atom is -0.497 e. The van der Waals surface area contributed by atoms with Crippen LogP contribution in [0.25, 0.3) is 0 Å². The topological polar surface area (TPSA) is 83.3 Å². The van der Waals surface area contributed by atoms with E-state index in [9.17, 15) is 9.59 Å². The second kappa shape index (κ2) is 8.59. The summed E-state index contributed by atoms with van der Waals surface area (Å²) in [6.07, 6.45) is 2.37. The standard InChI is InChI=1S/C19H16BrN3O4/c1-26-17-5-2-13(3-6-17)18(25)10-23-9-16(21-22-23)12-27-19-7-4-15(20)8-14(19)11-24/h2-9,11H,10,12H2,1H3. The van der Waals surface area contributed by atoms with Gasteiger partial charge in [0.05, 0.1) is 18.9 Å². The maximum absolute atomic E-state index is 12.3. The third-order valence-corrected chi connectivity index (χ3v) is 4.27. The normalized spacial score (nSPS) is 10.4. The van der Waals surface area contributed by atoms with Crippen molar-refractivity contribution in [3.63, 3.8) is 0 Å². The van der Waals surface area contributed by atoms with Gasteiger partial charge < -0.3 is 9.47 Å². The van der Waals surface area contributed by atoms with E-state index in [0.717, 1.165) is 10.8 Å². The molecule has 0 radical (unpaired) electrons. The highest BCUT2D eigenvalue weighted by Gasteiger charge is 2.10. The van der Waals surface area contributed by atoms with Crippen LogP contribution in [0.4, 0.5) is 0 Å². The SMILES string of the molecule is COc1ccc(C(=O)Cn2cc(COc3ccc(Br)cc3C=O)nn2)cc1. The van der Waals surface area contributed by atoms with Gasteiger partial charge in [0.1, 0.15) is 30.3 Å². The summed E-state index contributed by atoms with van der Waals surface area (Å²) in [5.74, 6) is 1.05. The van der Waals surface area contributed by atoms with Crippen LogP contribution in [0.1, 0.15) is 26.4 Å². The molecule has 1 heterocycles. The number of nitrogens with zero attached hydrogens (tertiary/aromatic N) is 3. The Morgan fingerprint density at radius 1 is 1.22 bits per heavy atom. The van der Waals surface area contributed by atoms with Gasteiger partial charge in [-0.05, 0) is 42.5 Å². The van der Waals surface area contributed by atoms with Crippen LogP contribution in [0.5, 0.6) is 11.5 Å². The number of hydrogen-bond acceptors (Lipinski definition) is 6. The van der Waals surface area contributed by atoms with E-state index in [2.05, 4.69) is 26.2 Å². The zero-order valence-electron chi connectivity index (χ0n) is 14.5. The van der Waals surface area contributed by atoms with Gasteiger partial charge >= 0.3 is 0 Å². The van der Waals surface area contributed by atoms with E-state index in [-0.39, 0.29) is 18.9 Å². The van der Waals surface area contributed by atoms with Gasteiger partial charge in [-0.3, -0.25) is 9.59 Å². The number of Topliss-reactive ketones (excluding diaryl/α,β-unsaturated/α-hetero) is 1. The molecule has 3 rings (SSSR count).